The number of carbonyl (C=O) groups is 1. The molecule has 110 valence electrons. The van der Waals surface area contributed by atoms with Gasteiger partial charge in [0.25, 0.3) is 0 Å². The normalized spacial score (nSPS) is 17.1. The number of hydrogen-bond donors (Lipinski definition) is 1. The number of methoxy groups -OCH3 is 1. The maximum Gasteiger partial charge on any atom is 0.330 e. The van der Waals surface area contributed by atoms with E-state index in [-0.39, 0.29) is 11.5 Å². The van der Waals surface area contributed by atoms with Crippen molar-refractivity contribution in [1.29, 1.82) is 0 Å². The molecule has 5 heteroatoms. The average molecular weight is 285 g/mol. The maximum atomic E-state index is 11.1. The predicted molar refractivity (Wildman–Crippen MR) is 81.5 cm³/mol. The van der Waals surface area contributed by atoms with Gasteiger partial charge in [0.2, 0.25) is 0 Å². The van der Waals surface area contributed by atoms with Crippen molar-refractivity contribution in [3.8, 4) is 0 Å². The van der Waals surface area contributed by atoms with E-state index in [1.807, 2.05) is 25.2 Å². The molecule has 3 rings (SSSR count). The summed E-state index contributed by atoms with van der Waals surface area (Å²) in [5, 5.41) is 0. The van der Waals surface area contributed by atoms with Crippen LogP contribution in [0.25, 0.3) is 17.1 Å². The van der Waals surface area contributed by atoms with E-state index in [9.17, 15) is 4.79 Å². The van der Waals surface area contributed by atoms with Crippen LogP contribution < -0.4 is 5.73 Å². The first-order chi connectivity index (χ1) is 10.0. The third-order valence-corrected chi connectivity index (χ3v) is 4.21. The zero-order chi connectivity index (χ0) is 15.0. The molecule has 0 amide bonds. The summed E-state index contributed by atoms with van der Waals surface area (Å²) >= 11 is 0. The van der Waals surface area contributed by atoms with Gasteiger partial charge in [-0.25, -0.2) is 9.78 Å². The highest BCUT2D eigenvalue weighted by Crippen LogP contribution is 2.39. The molecule has 1 aromatic carbocycles. The van der Waals surface area contributed by atoms with Crippen molar-refractivity contribution in [1.82, 2.24) is 9.55 Å². The summed E-state index contributed by atoms with van der Waals surface area (Å²) in [5.41, 5.74) is 8.97. The summed E-state index contributed by atoms with van der Waals surface area (Å²) in [4.78, 5) is 15.8. The van der Waals surface area contributed by atoms with Crippen LogP contribution in [0.5, 0.6) is 0 Å². The Kier molecular flexibility index (Phi) is 3.29. The van der Waals surface area contributed by atoms with E-state index in [0.29, 0.717) is 0 Å². The second kappa shape index (κ2) is 5.00. The highest BCUT2D eigenvalue weighted by atomic mass is 16.5. The van der Waals surface area contributed by atoms with Gasteiger partial charge in [0.15, 0.2) is 0 Å². The molecule has 0 atom stereocenters. The molecule has 5 nitrogen and oxygen atoms in total. The summed E-state index contributed by atoms with van der Waals surface area (Å²) in [5.74, 6) is 0.574. The Bertz CT molecular complexity index is 726. The summed E-state index contributed by atoms with van der Waals surface area (Å²) in [7, 11) is 3.36. The van der Waals surface area contributed by atoms with Gasteiger partial charge in [-0.2, -0.15) is 0 Å². The molecule has 0 spiro atoms. The van der Waals surface area contributed by atoms with Crippen LogP contribution in [0.4, 0.5) is 0 Å². The monoisotopic (exact) mass is 285 g/mol. The first kappa shape index (κ1) is 13.8. The Morgan fingerprint density at radius 3 is 2.86 bits per heavy atom. The number of nitrogens with two attached hydrogens (primary N) is 1. The maximum absolute atomic E-state index is 11.1. The van der Waals surface area contributed by atoms with Crippen molar-refractivity contribution in [2.24, 2.45) is 12.8 Å². The first-order valence-corrected chi connectivity index (χ1v) is 7.05. The number of rotatable bonds is 3. The SMILES string of the molecule is COC(=O)/C=C/c1ccc2c(c1)nc(C1(N)CCC1)n2C. The van der Waals surface area contributed by atoms with Gasteiger partial charge in [-0.15, -0.1) is 0 Å². The molecule has 1 heterocycles. The Hall–Kier alpha value is -2.14. The van der Waals surface area contributed by atoms with Crippen LogP contribution in [-0.4, -0.2) is 22.6 Å². The van der Waals surface area contributed by atoms with Gasteiger partial charge in [0.1, 0.15) is 5.82 Å². The second-order valence-corrected chi connectivity index (χ2v) is 5.61. The number of aromatic nitrogens is 2. The van der Waals surface area contributed by atoms with Crippen LogP contribution in [-0.2, 0) is 22.1 Å². The molecular formula is C16H19N3O2. The zero-order valence-electron chi connectivity index (χ0n) is 12.3. The van der Waals surface area contributed by atoms with Gasteiger partial charge < -0.3 is 15.0 Å². The lowest BCUT2D eigenvalue weighted by Crippen LogP contribution is -2.45. The zero-order valence-corrected chi connectivity index (χ0v) is 12.3. The molecule has 21 heavy (non-hydrogen) atoms. The molecule has 0 bridgehead atoms. The minimum Gasteiger partial charge on any atom is -0.466 e. The first-order valence-electron chi connectivity index (χ1n) is 7.05. The lowest BCUT2D eigenvalue weighted by Gasteiger charge is -2.37. The fourth-order valence-corrected chi connectivity index (χ4v) is 2.78. The fraction of sp³-hybridized carbons (Fsp3) is 0.375. The highest BCUT2D eigenvalue weighted by molar-refractivity contribution is 5.88. The minimum absolute atomic E-state index is 0.282. The second-order valence-electron chi connectivity index (χ2n) is 5.61. The molecule has 1 saturated carbocycles. The summed E-state index contributed by atoms with van der Waals surface area (Å²) < 4.78 is 6.66. The lowest BCUT2D eigenvalue weighted by atomic mass is 9.77. The minimum atomic E-state index is -0.368. The highest BCUT2D eigenvalue weighted by Gasteiger charge is 2.38. The number of nitrogens with zero attached hydrogens (tertiary/aromatic N) is 2. The smallest absolute Gasteiger partial charge is 0.330 e. The fourth-order valence-electron chi connectivity index (χ4n) is 2.78. The van der Waals surface area contributed by atoms with Gasteiger partial charge in [-0.3, -0.25) is 0 Å². The van der Waals surface area contributed by atoms with E-state index in [2.05, 4.69) is 9.30 Å². The molecule has 0 unspecified atom stereocenters. The van der Waals surface area contributed by atoms with E-state index < -0.39 is 0 Å². The quantitative estimate of drug-likeness (QED) is 0.692. The third kappa shape index (κ3) is 2.34. The van der Waals surface area contributed by atoms with Crippen LogP contribution in [0.1, 0.15) is 30.7 Å². The third-order valence-electron chi connectivity index (χ3n) is 4.21. The molecule has 1 aromatic heterocycles. The van der Waals surface area contributed by atoms with Crippen LogP contribution in [0.3, 0.4) is 0 Å². The Morgan fingerprint density at radius 2 is 2.24 bits per heavy atom. The van der Waals surface area contributed by atoms with E-state index in [1.54, 1.807) is 6.08 Å². The number of carbonyl (C=O) groups excluding carboxylic acids is 1. The summed E-state index contributed by atoms with van der Waals surface area (Å²) in [6.45, 7) is 0. The van der Waals surface area contributed by atoms with Crippen LogP contribution in [0, 0.1) is 0 Å². The van der Waals surface area contributed by atoms with Crippen LogP contribution in [0.2, 0.25) is 0 Å². The van der Waals surface area contributed by atoms with Crippen molar-refractivity contribution in [3.63, 3.8) is 0 Å². The molecule has 2 N–H and O–H groups in total. The van der Waals surface area contributed by atoms with Gasteiger partial charge >= 0.3 is 5.97 Å². The Labute approximate surface area is 123 Å². The number of imidazole rings is 1. The number of hydrogen-bond acceptors (Lipinski definition) is 4. The molecule has 0 aliphatic heterocycles. The van der Waals surface area contributed by atoms with E-state index >= 15 is 0 Å². The van der Waals surface area contributed by atoms with E-state index in [0.717, 1.165) is 41.7 Å². The number of esters is 1. The molecule has 2 aromatic rings. The molecule has 0 radical (unpaired) electrons. The van der Waals surface area contributed by atoms with Gasteiger partial charge in [0.05, 0.1) is 23.7 Å². The standard InChI is InChI=1S/C16H19N3O2/c1-19-13-6-4-11(5-7-14(20)21-2)10-12(13)18-15(19)16(17)8-3-9-16/h4-7,10H,3,8-9,17H2,1-2H3/b7-5+. The Morgan fingerprint density at radius 1 is 1.48 bits per heavy atom. The van der Waals surface area contributed by atoms with Crippen LogP contribution >= 0.6 is 0 Å². The van der Waals surface area contributed by atoms with Crippen molar-refractivity contribution in [2.75, 3.05) is 7.11 Å². The predicted octanol–water partition coefficient (Wildman–Crippen LogP) is 2.10. The van der Waals surface area contributed by atoms with Crippen molar-refractivity contribution in [2.45, 2.75) is 24.8 Å². The van der Waals surface area contributed by atoms with Gasteiger partial charge in [0, 0.05) is 13.1 Å². The molecule has 1 fully saturated rings. The average Bonchev–Trinajstić information content (AvgIpc) is 2.79. The largest absolute Gasteiger partial charge is 0.466 e. The number of fused-ring (bicyclic) bond motifs is 1. The number of ether oxygens (including phenoxy) is 1. The van der Waals surface area contributed by atoms with Gasteiger partial charge in [-0.1, -0.05) is 6.07 Å². The number of benzene rings is 1. The topological polar surface area (TPSA) is 70.1 Å². The van der Waals surface area contributed by atoms with Crippen molar-refractivity contribution in [3.05, 3.63) is 35.7 Å². The van der Waals surface area contributed by atoms with Crippen molar-refractivity contribution < 1.29 is 9.53 Å². The molecule has 0 saturated heterocycles. The summed E-state index contributed by atoms with van der Waals surface area (Å²) in [6.07, 6.45) is 6.26. The van der Waals surface area contributed by atoms with E-state index in [1.165, 1.54) is 13.2 Å². The van der Waals surface area contributed by atoms with Crippen molar-refractivity contribution >= 4 is 23.1 Å². The van der Waals surface area contributed by atoms with Crippen LogP contribution in [0.15, 0.2) is 24.3 Å². The molecule has 1 aliphatic carbocycles. The summed E-state index contributed by atoms with van der Waals surface area (Å²) in [6, 6.07) is 5.92. The lowest BCUT2D eigenvalue weighted by molar-refractivity contribution is -0.134. The Balaban J connectivity index is 1.99. The number of aryl methyl sites for hydroxylation is 1. The van der Waals surface area contributed by atoms with Gasteiger partial charge in [-0.05, 0) is 43.0 Å². The molecular weight excluding hydrogens is 266 g/mol. The molecule has 1 aliphatic rings. The van der Waals surface area contributed by atoms with E-state index in [4.69, 9.17) is 10.7 Å².